The van der Waals surface area contributed by atoms with Crippen LogP contribution in [0.5, 0.6) is 0 Å². The van der Waals surface area contributed by atoms with Crippen LogP contribution in [0, 0.1) is 11.8 Å². The number of hydrogen-bond donors (Lipinski definition) is 6. The normalized spacial score (nSPS) is 11.8. The van der Waals surface area contributed by atoms with E-state index in [1.165, 1.54) is 0 Å². The number of imide groups is 1. The summed E-state index contributed by atoms with van der Waals surface area (Å²) in [5, 5.41) is 13.2. The molecule has 1 atom stereocenters. The molecule has 0 saturated carbocycles. The van der Waals surface area contributed by atoms with Crippen molar-refractivity contribution < 1.29 is 43.1 Å². The van der Waals surface area contributed by atoms with E-state index >= 15 is 0 Å². The van der Waals surface area contributed by atoms with Crippen LogP contribution in [0.3, 0.4) is 0 Å². The van der Waals surface area contributed by atoms with Gasteiger partial charge in [-0.1, -0.05) is 67.0 Å². The van der Waals surface area contributed by atoms with Crippen molar-refractivity contribution in [3.8, 4) is 0 Å². The van der Waals surface area contributed by atoms with Crippen molar-refractivity contribution in [1.29, 1.82) is 0 Å². The molecule has 1 aliphatic heterocycles. The molecule has 2 rings (SSSR count). The highest BCUT2D eigenvalue weighted by molar-refractivity contribution is 6.14. The summed E-state index contributed by atoms with van der Waals surface area (Å²) in [5.74, 6) is -2.43. The molecule has 16 heteroatoms. The van der Waals surface area contributed by atoms with Gasteiger partial charge in [-0.2, -0.15) is 0 Å². The summed E-state index contributed by atoms with van der Waals surface area (Å²) in [7, 11) is 1.87. The lowest BCUT2D eigenvalue weighted by Crippen LogP contribution is -2.50. The van der Waals surface area contributed by atoms with Gasteiger partial charge in [0.25, 0.3) is 11.8 Å². The second kappa shape index (κ2) is 30.4. The zero-order chi connectivity index (χ0) is 40.8. The van der Waals surface area contributed by atoms with Crippen molar-refractivity contribution in [2.24, 2.45) is 17.6 Å². The molecule has 0 bridgehead atoms. The number of urea groups is 1. The van der Waals surface area contributed by atoms with Crippen LogP contribution in [0.25, 0.3) is 0 Å². The highest BCUT2D eigenvalue weighted by Crippen LogP contribution is 2.10. The van der Waals surface area contributed by atoms with Crippen LogP contribution >= 0.6 is 0 Å². The minimum absolute atomic E-state index is 0.0680. The van der Waals surface area contributed by atoms with Crippen molar-refractivity contribution in [3.05, 3.63) is 42.0 Å². The van der Waals surface area contributed by atoms with Gasteiger partial charge in [-0.25, -0.2) is 4.79 Å². The Kier molecular flexibility index (Phi) is 28.5. The van der Waals surface area contributed by atoms with Gasteiger partial charge in [0.15, 0.2) is 0 Å². The van der Waals surface area contributed by atoms with Gasteiger partial charge in [0.1, 0.15) is 25.5 Å². The molecule has 0 fully saturated rings. The zero-order valence-corrected chi connectivity index (χ0v) is 32.5. The molecule has 53 heavy (non-hydrogen) atoms. The molecule has 16 nitrogen and oxygen atoms in total. The smallest absolute Gasteiger partial charge is 0.312 e. The number of primary amides is 1. The largest absolute Gasteiger partial charge is 0.461 e. The van der Waals surface area contributed by atoms with Crippen LogP contribution in [0.15, 0.2) is 36.4 Å². The number of carbonyl (C=O) groups excluding carboxylic acids is 8. The molecule has 1 unspecified atom stereocenters. The molecule has 1 aromatic rings. The van der Waals surface area contributed by atoms with E-state index in [2.05, 4.69) is 26.6 Å². The average Bonchev–Trinajstić information content (AvgIpc) is 3.45. The fourth-order valence-electron chi connectivity index (χ4n) is 3.97. The Balaban J connectivity index is 0. The maximum absolute atomic E-state index is 12.0. The quantitative estimate of drug-likeness (QED) is 0.0524. The second-order valence-electron chi connectivity index (χ2n) is 12.0. The van der Waals surface area contributed by atoms with Crippen molar-refractivity contribution >= 4 is 53.5 Å². The van der Waals surface area contributed by atoms with Crippen LogP contribution in [0.1, 0.15) is 86.1 Å². The lowest BCUT2D eigenvalue weighted by atomic mass is 10.0. The molecule has 0 aromatic heterocycles. The fourth-order valence-corrected chi connectivity index (χ4v) is 3.97. The maximum Gasteiger partial charge on any atom is 0.312 e. The van der Waals surface area contributed by atoms with Gasteiger partial charge in [-0.3, -0.25) is 33.7 Å². The molecule has 0 saturated heterocycles. The van der Waals surface area contributed by atoms with E-state index in [1.54, 1.807) is 13.8 Å². The Hall–Kier alpha value is -5.28. The number of unbranched alkanes of at least 4 members (excludes halogenated alkanes) is 2. The Bertz CT molecular complexity index is 1300. The van der Waals surface area contributed by atoms with E-state index < -0.39 is 35.7 Å². The van der Waals surface area contributed by atoms with E-state index in [9.17, 15) is 38.4 Å². The fraction of sp³-hybridized carbons (Fsp3) is 0.568. The Morgan fingerprint density at radius 1 is 0.849 bits per heavy atom. The highest BCUT2D eigenvalue weighted by atomic mass is 16.5. The monoisotopic (exact) mass is 747 g/mol. The molecular formula is C37H61N7O9. The molecule has 1 aromatic carbocycles. The number of esters is 1. The third kappa shape index (κ3) is 24.5. The summed E-state index contributed by atoms with van der Waals surface area (Å²) in [4.78, 5) is 90.7. The number of nitrogens with two attached hydrogens (primary N) is 1. The molecule has 1 aliphatic rings. The van der Waals surface area contributed by atoms with Gasteiger partial charge >= 0.3 is 12.0 Å². The minimum atomic E-state index is -0.702. The van der Waals surface area contributed by atoms with E-state index in [4.69, 9.17) is 10.5 Å². The number of hydrogen-bond acceptors (Lipinski definition) is 10. The molecule has 0 aliphatic carbocycles. The number of nitrogens with zero attached hydrogens (tertiary/aromatic N) is 1. The topological polar surface area (TPSA) is 235 Å². The number of benzene rings is 1. The summed E-state index contributed by atoms with van der Waals surface area (Å²) in [6.07, 6.45) is 5.88. The molecule has 7 N–H and O–H groups in total. The number of rotatable bonds is 19. The second-order valence-corrected chi connectivity index (χ2v) is 12.0. The average molecular weight is 748 g/mol. The molecule has 1 heterocycles. The Morgan fingerprint density at radius 2 is 1.45 bits per heavy atom. The van der Waals surface area contributed by atoms with Gasteiger partial charge < -0.3 is 41.8 Å². The van der Waals surface area contributed by atoms with Crippen LogP contribution in [-0.4, -0.2) is 92.0 Å². The lowest BCUT2D eigenvalue weighted by Gasteiger charge is -2.21. The number of amides is 7. The van der Waals surface area contributed by atoms with Crippen LogP contribution in [0.2, 0.25) is 0 Å². The van der Waals surface area contributed by atoms with Crippen LogP contribution in [-0.2, 0) is 44.9 Å². The number of carbonyl (C=O) groups is 8. The van der Waals surface area contributed by atoms with Gasteiger partial charge in [0, 0.05) is 44.4 Å². The van der Waals surface area contributed by atoms with Crippen LogP contribution in [0.4, 0.5) is 10.5 Å². The standard InChI is InChI=1S/C19H28N4O6.C12H17NO2.C4H10N2O.C2H6/c1-13(2)18(19(29)21-10-11-24)22-14(25)6-4-3-5-9-20-15(26)12-23-16(27)7-8-17(23)28;1-9(2)12(14)15-8-10-4-6-11(13-3)7-5-10;1-2-3-6-4(5)7;1-2/h7-8,11,13,18H,3-6,9-10,12H2,1-2H3,(H,20,26)(H,21,29)(H,22,25);4-7,9,13H,8H2,1-3H3;2-3H2,1H3,(H3,5,6,7);1-2H3. The molecule has 298 valence electrons. The van der Waals surface area contributed by atoms with E-state index in [0.29, 0.717) is 45.2 Å². The zero-order valence-electron chi connectivity index (χ0n) is 32.5. The van der Waals surface area contributed by atoms with Gasteiger partial charge in [-0.15, -0.1) is 0 Å². The maximum atomic E-state index is 12.0. The number of anilines is 1. The Labute approximate surface area is 313 Å². The molecule has 0 spiro atoms. The van der Waals surface area contributed by atoms with Crippen LogP contribution < -0.4 is 32.3 Å². The summed E-state index contributed by atoms with van der Waals surface area (Å²) in [6, 6.07) is 6.66. The van der Waals surface area contributed by atoms with E-state index in [-0.39, 0.29) is 43.2 Å². The summed E-state index contributed by atoms with van der Waals surface area (Å²) in [6.45, 7) is 14.2. The van der Waals surface area contributed by atoms with Gasteiger partial charge in [-0.05, 0) is 42.9 Å². The van der Waals surface area contributed by atoms with Crippen molar-refractivity contribution in [3.63, 3.8) is 0 Å². The third-order valence-electron chi connectivity index (χ3n) is 6.87. The van der Waals surface area contributed by atoms with E-state index in [0.717, 1.165) is 34.7 Å². The van der Waals surface area contributed by atoms with Crippen molar-refractivity contribution in [1.82, 2.24) is 26.2 Å². The predicted octanol–water partition coefficient (Wildman–Crippen LogP) is 2.56. The Morgan fingerprint density at radius 3 is 1.92 bits per heavy atom. The lowest BCUT2D eigenvalue weighted by molar-refractivity contribution is -0.148. The first-order chi connectivity index (χ1) is 25.2. The van der Waals surface area contributed by atoms with Crippen molar-refractivity contribution in [2.45, 2.75) is 93.2 Å². The number of aldehydes is 1. The molecule has 7 amide bonds. The predicted molar refractivity (Wildman–Crippen MR) is 203 cm³/mol. The number of nitrogens with one attached hydrogen (secondary N) is 5. The van der Waals surface area contributed by atoms with Gasteiger partial charge in [0.2, 0.25) is 17.7 Å². The summed E-state index contributed by atoms with van der Waals surface area (Å²) >= 11 is 0. The molecule has 0 radical (unpaired) electrons. The summed E-state index contributed by atoms with van der Waals surface area (Å²) < 4.78 is 5.10. The first-order valence-corrected chi connectivity index (χ1v) is 17.9. The van der Waals surface area contributed by atoms with Crippen molar-refractivity contribution in [2.75, 3.05) is 38.5 Å². The first-order valence-electron chi connectivity index (χ1n) is 17.9. The van der Waals surface area contributed by atoms with Gasteiger partial charge in [0.05, 0.1) is 12.5 Å². The SMILES string of the molecule is CC.CC(C)C(NC(=O)CCCCCNC(=O)CN1C(=O)C=CC1=O)C(=O)NCC=O.CCCNC(N)=O.CNc1ccc(COC(=O)C(C)C)cc1. The molecular weight excluding hydrogens is 686 g/mol. The highest BCUT2D eigenvalue weighted by Gasteiger charge is 2.25. The number of ether oxygens (including phenoxy) is 1. The van der Waals surface area contributed by atoms with E-state index in [1.807, 2.05) is 65.9 Å². The third-order valence-corrected chi connectivity index (χ3v) is 6.87. The minimum Gasteiger partial charge on any atom is -0.461 e. The summed E-state index contributed by atoms with van der Waals surface area (Å²) in [5.41, 5.74) is 6.78. The first kappa shape index (κ1) is 49.8.